The van der Waals surface area contributed by atoms with Gasteiger partial charge in [0.2, 0.25) is 0 Å². The Bertz CT molecular complexity index is 559. The van der Waals surface area contributed by atoms with Gasteiger partial charge < -0.3 is 9.84 Å². The van der Waals surface area contributed by atoms with Crippen LogP contribution < -0.4 is 4.74 Å². The van der Waals surface area contributed by atoms with Gasteiger partial charge in [0, 0.05) is 8.95 Å². The van der Waals surface area contributed by atoms with Crippen LogP contribution in [0.4, 0.5) is 0 Å². The Morgan fingerprint density at radius 2 is 1.45 bits per heavy atom. The normalized spacial score (nSPS) is 12.5. The molecule has 0 amide bonds. The van der Waals surface area contributed by atoms with Crippen molar-refractivity contribution in [1.29, 1.82) is 0 Å². The van der Waals surface area contributed by atoms with Crippen molar-refractivity contribution in [1.82, 2.24) is 0 Å². The molecule has 1 unspecified atom stereocenters. The Morgan fingerprint density at radius 3 is 1.95 bits per heavy atom. The number of hydrogen-bond acceptors (Lipinski definition) is 2. The fourth-order valence-corrected chi connectivity index (χ4v) is 3.26. The summed E-state index contributed by atoms with van der Waals surface area (Å²) in [5.41, 5.74) is 1.68. The van der Waals surface area contributed by atoms with E-state index in [0.717, 1.165) is 25.8 Å². The molecule has 2 aromatic carbocycles. The van der Waals surface area contributed by atoms with Gasteiger partial charge in [0.25, 0.3) is 0 Å². The number of halogens is 2. The van der Waals surface area contributed by atoms with Gasteiger partial charge >= 0.3 is 0 Å². The first-order chi connectivity index (χ1) is 9.45. The molecular weight excluding hydrogens is 384 g/mol. The summed E-state index contributed by atoms with van der Waals surface area (Å²) in [7, 11) is 0. The summed E-state index contributed by atoms with van der Waals surface area (Å²) in [6, 6.07) is 13.3. The van der Waals surface area contributed by atoms with Gasteiger partial charge in [-0.25, -0.2) is 0 Å². The molecule has 106 valence electrons. The Labute approximate surface area is 136 Å². The SMILES string of the molecule is CC(C)Oc1ccc(C(O)c2cc(Br)cc(Br)c2)cc1. The number of aliphatic hydroxyl groups excluding tert-OH is 1. The minimum absolute atomic E-state index is 0.145. The van der Waals surface area contributed by atoms with Crippen molar-refractivity contribution in [3.63, 3.8) is 0 Å². The van der Waals surface area contributed by atoms with Crippen LogP contribution in [0.3, 0.4) is 0 Å². The zero-order chi connectivity index (χ0) is 14.7. The lowest BCUT2D eigenvalue weighted by atomic mass is 10.0. The summed E-state index contributed by atoms with van der Waals surface area (Å²) in [6.07, 6.45) is -0.510. The Hall–Kier alpha value is -0.840. The molecule has 0 aliphatic carbocycles. The fraction of sp³-hybridized carbons (Fsp3) is 0.250. The number of hydrogen-bond donors (Lipinski definition) is 1. The standard InChI is InChI=1S/C16H16Br2O2/c1-10(2)20-15-5-3-11(4-6-15)16(19)12-7-13(17)9-14(18)8-12/h3-10,16,19H,1-2H3. The van der Waals surface area contributed by atoms with E-state index in [4.69, 9.17) is 4.74 Å². The topological polar surface area (TPSA) is 29.5 Å². The van der Waals surface area contributed by atoms with E-state index in [1.165, 1.54) is 0 Å². The van der Waals surface area contributed by atoms with Crippen molar-refractivity contribution in [2.75, 3.05) is 0 Å². The number of rotatable bonds is 4. The van der Waals surface area contributed by atoms with Gasteiger partial charge in [-0.3, -0.25) is 0 Å². The van der Waals surface area contributed by atoms with Crippen LogP contribution in [0.2, 0.25) is 0 Å². The Morgan fingerprint density at radius 1 is 0.900 bits per heavy atom. The van der Waals surface area contributed by atoms with Gasteiger partial charge in [-0.05, 0) is 55.3 Å². The maximum atomic E-state index is 10.4. The van der Waals surface area contributed by atoms with Crippen molar-refractivity contribution in [3.8, 4) is 5.75 Å². The molecule has 0 heterocycles. The van der Waals surface area contributed by atoms with Gasteiger partial charge in [0.15, 0.2) is 0 Å². The van der Waals surface area contributed by atoms with Crippen LogP contribution in [0, 0.1) is 0 Å². The first-order valence-corrected chi connectivity index (χ1v) is 7.95. The summed E-state index contributed by atoms with van der Waals surface area (Å²) in [5, 5.41) is 10.4. The number of ether oxygens (including phenoxy) is 1. The quantitative estimate of drug-likeness (QED) is 0.776. The third-order valence-electron chi connectivity index (χ3n) is 2.77. The molecule has 0 spiro atoms. The van der Waals surface area contributed by atoms with Crippen LogP contribution in [0.25, 0.3) is 0 Å². The minimum Gasteiger partial charge on any atom is -0.491 e. The molecule has 0 saturated carbocycles. The maximum Gasteiger partial charge on any atom is 0.119 e. The van der Waals surface area contributed by atoms with E-state index in [2.05, 4.69) is 31.9 Å². The molecule has 0 aromatic heterocycles. The molecule has 0 saturated heterocycles. The van der Waals surface area contributed by atoms with E-state index >= 15 is 0 Å². The lowest BCUT2D eigenvalue weighted by molar-refractivity contribution is 0.219. The maximum absolute atomic E-state index is 10.4. The van der Waals surface area contributed by atoms with Crippen LogP contribution in [-0.2, 0) is 0 Å². The van der Waals surface area contributed by atoms with Crippen LogP contribution >= 0.6 is 31.9 Å². The van der Waals surface area contributed by atoms with Crippen LogP contribution in [-0.4, -0.2) is 11.2 Å². The smallest absolute Gasteiger partial charge is 0.119 e. The zero-order valence-electron chi connectivity index (χ0n) is 11.3. The molecule has 0 aliphatic rings. The monoisotopic (exact) mass is 398 g/mol. The van der Waals surface area contributed by atoms with E-state index in [0.29, 0.717) is 0 Å². The summed E-state index contributed by atoms with van der Waals surface area (Å²) >= 11 is 6.86. The molecule has 0 radical (unpaired) electrons. The van der Waals surface area contributed by atoms with E-state index in [9.17, 15) is 5.11 Å². The van der Waals surface area contributed by atoms with E-state index in [1.54, 1.807) is 0 Å². The molecule has 1 atom stereocenters. The Kier molecular flexibility index (Phi) is 5.24. The van der Waals surface area contributed by atoms with Crippen LogP contribution in [0.5, 0.6) is 5.75 Å². The predicted molar refractivity (Wildman–Crippen MR) is 88.1 cm³/mol. The van der Waals surface area contributed by atoms with Crippen LogP contribution in [0.1, 0.15) is 31.1 Å². The number of aliphatic hydroxyl groups is 1. The molecule has 20 heavy (non-hydrogen) atoms. The zero-order valence-corrected chi connectivity index (χ0v) is 14.5. The molecule has 2 aromatic rings. The molecule has 0 aliphatic heterocycles. The predicted octanol–water partition coefficient (Wildman–Crippen LogP) is 5.08. The second kappa shape index (κ2) is 6.74. The van der Waals surface area contributed by atoms with Gasteiger partial charge in [0.05, 0.1) is 6.10 Å². The first-order valence-electron chi connectivity index (χ1n) is 6.36. The van der Waals surface area contributed by atoms with Crippen molar-refractivity contribution < 1.29 is 9.84 Å². The molecule has 0 fully saturated rings. The highest BCUT2D eigenvalue weighted by Gasteiger charge is 2.12. The second-order valence-corrected chi connectivity index (χ2v) is 6.67. The third-order valence-corrected chi connectivity index (χ3v) is 3.68. The van der Waals surface area contributed by atoms with Crippen LogP contribution in [0.15, 0.2) is 51.4 Å². The van der Waals surface area contributed by atoms with Gasteiger partial charge in [-0.2, -0.15) is 0 Å². The molecule has 2 rings (SSSR count). The fourth-order valence-electron chi connectivity index (χ4n) is 1.93. The Balaban J connectivity index is 2.22. The average Bonchev–Trinajstić information content (AvgIpc) is 2.37. The highest BCUT2D eigenvalue weighted by Crippen LogP contribution is 2.29. The third kappa shape index (κ3) is 4.08. The van der Waals surface area contributed by atoms with E-state index in [-0.39, 0.29) is 6.10 Å². The average molecular weight is 400 g/mol. The highest BCUT2D eigenvalue weighted by molar-refractivity contribution is 9.11. The molecule has 0 bridgehead atoms. The first kappa shape index (κ1) is 15.5. The minimum atomic E-state index is -0.656. The molecule has 1 N–H and O–H groups in total. The number of benzene rings is 2. The lowest BCUT2D eigenvalue weighted by Gasteiger charge is -2.14. The van der Waals surface area contributed by atoms with Gasteiger partial charge in [-0.1, -0.05) is 44.0 Å². The molecule has 2 nitrogen and oxygen atoms in total. The van der Waals surface area contributed by atoms with E-state index < -0.39 is 6.10 Å². The molecular formula is C16H16Br2O2. The van der Waals surface area contributed by atoms with Crippen molar-refractivity contribution in [2.45, 2.75) is 26.1 Å². The summed E-state index contributed by atoms with van der Waals surface area (Å²) in [4.78, 5) is 0. The second-order valence-electron chi connectivity index (χ2n) is 4.84. The van der Waals surface area contributed by atoms with Crippen molar-refractivity contribution in [3.05, 3.63) is 62.5 Å². The van der Waals surface area contributed by atoms with Crippen molar-refractivity contribution in [2.24, 2.45) is 0 Å². The summed E-state index contributed by atoms with van der Waals surface area (Å²) < 4.78 is 7.46. The van der Waals surface area contributed by atoms with E-state index in [1.807, 2.05) is 56.3 Å². The summed E-state index contributed by atoms with van der Waals surface area (Å²) in [5.74, 6) is 0.811. The van der Waals surface area contributed by atoms with Gasteiger partial charge in [0.1, 0.15) is 11.9 Å². The lowest BCUT2D eigenvalue weighted by Crippen LogP contribution is -2.06. The van der Waals surface area contributed by atoms with Gasteiger partial charge in [-0.15, -0.1) is 0 Å². The molecule has 4 heteroatoms. The largest absolute Gasteiger partial charge is 0.491 e. The van der Waals surface area contributed by atoms with Crippen molar-refractivity contribution >= 4 is 31.9 Å². The highest BCUT2D eigenvalue weighted by atomic mass is 79.9. The summed E-state index contributed by atoms with van der Waals surface area (Å²) in [6.45, 7) is 3.98.